The van der Waals surface area contributed by atoms with Crippen molar-refractivity contribution in [2.75, 3.05) is 6.61 Å². The third-order valence-corrected chi connectivity index (χ3v) is 1.98. The monoisotopic (exact) mass is 222 g/mol. The van der Waals surface area contributed by atoms with Gasteiger partial charge in [0.15, 0.2) is 5.78 Å². The number of aliphatic hydroxyl groups excluding tert-OH is 1. The molecule has 0 heterocycles. The first-order valence-electron chi connectivity index (χ1n) is 4.97. The lowest BCUT2D eigenvalue weighted by atomic mass is 10.1. The number of ketones is 1. The number of esters is 1. The van der Waals surface area contributed by atoms with Crippen LogP contribution in [0.1, 0.15) is 34.6 Å². The minimum absolute atomic E-state index is 0.0344. The topological polar surface area (TPSA) is 63.6 Å². The molecular weight excluding hydrogens is 208 g/mol. The van der Waals surface area contributed by atoms with Crippen molar-refractivity contribution in [2.45, 2.75) is 20.0 Å². The zero-order chi connectivity index (χ0) is 12.1. The van der Waals surface area contributed by atoms with Gasteiger partial charge in [0.2, 0.25) is 0 Å². The van der Waals surface area contributed by atoms with E-state index in [0.29, 0.717) is 11.1 Å². The molecule has 1 unspecified atom stereocenters. The molecule has 0 aliphatic rings. The maximum atomic E-state index is 11.4. The molecule has 0 aliphatic heterocycles. The van der Waals surface area contributed by atoms with Crippen molar-refractivity contribution in [1.29, 1.82) is 0 Å². The molecule has 0 aliphatic carbocycles. The summed E-state index contributed by atoms with van der Waals surface area (Å²) in [6, 6.07) is 6.20. The third kappa shape index (κ3) is 3.47. The van der Waals surface area contributed by atoms with Crippen LogP contribution in [0.25, 0.3) is 0 Å². The zero-order valence-corrected chi connectivity index (χ0v) is 9.27. The Labute approximate surface area is 93.9 Å². The molecule has 0 amide bonds. The van der Waals surface area contributed by atoms with E-state index in [-0.39, 0.29) is 12.4 Å². The molecule has 1 atom stereocenters. The number of rotatable bonds is 4. The van der Waals surface area contributed by atoms with Gasteiger partial charge in [0.1, 0.15) is 6.61 Å². The van der Waals surface area contributed by atoms with Crippen LogP contribution in [0.2, 0.25) is 0 Å². The number of aliphatic hydroxyl groups is 1. The Morgan fingerprint density at radius 2 is 1.75 bits per heavy atom. The highest BCUT2D eigenvalue weighted by atomic mass is 16.5. The van der Waals surface area contributed by atoms with Gasteiger partial charge in [0.25, 0.3) is 0 Å². The van der Waals surface area contributed by atoms with Gasteiger partial charge in [0, 0.05) is 5.56 Å². The first-order valence-corrected chi connectivity index (χ1v) is 4.97. The molecule has 0 radical (unpaired) electrons. The number of carbonyl (C=O) groups is 2. The Morgan fingerprint density at radius 1 is 1.25 bits per heavy atom. The normalized spacial score (nSPS) is 11.9. The van der Waals surface area contributed by atoms with Crippen LogP contribution < -0.4 is 0 Å². The van der Waals surface area contributed by atoms with Crippen LogP contribution in [-0.2, 0) is 4.74 Å². The molecule has 0 saturated carbocycles. The Morgan fingerprint density at radius 3 is 2.19 bits per heavy atom. The van der Waals surface area contributed by atoms with E-state index in [1.807, 2.05) is 0 Å². The standard InChI is InChI=1S/C12H14O4/c1-8(13)7-16-12(15)11-5-3-10(4-6-11)9(2)14/h3-6,8,13H,7H2,1-2H3. The van der Waals surface area contributed by atoms with Gasteiger partial charge in [-0.1, -0.05) is 12.1 Å². The number of hydrogen-bond acceptors (Lipinski definition) is 4. The smallest absolute Gasteiger partial charge is 0.338 e. The van der Waals surface area contributed by atoms with Crippen LogP contribution in [0, 0.1) is 0 Å². The van der Waals surface area contributed by atoms with Crippen LogP contribution in [0.15, 0.2) is 24.3 Å². The maximum Gasteiger partial charge on any atom is 0.338 e. The lowest BCUT2D eigenvalue weighted by Crippen LogP contribution is -2.15. The summed E-state index contributed by atoms with van der Waals surface area (Å²) in [5.41, 5.74) is 0.915. The molecule has 0 aromatic heterocycles. The molecule has 1 rings (SSSR count). The van der Waals surface area contributed by atoms with Crippen molar-refractivity contribution in [3.05, 3.63) is 35.4 Å². The fourth-order valence-corrected chi connectivity index (χ4v) is 1.12. The molecule has 16 heavy (non-hydrogen) atoms. The van der Waals surface area contributed by atoms with Crippen molar-refractivity contribution in [1.82, 2.24) is 0 Å². The lowest BCUT2D eigenvalue weighted by Gasteiger charge is -2.06. The SMILES string of the molecule is CC(=O)c1ccc(C(=O)OCC(C)O)cc1. The van der Waals surface area contributed by atoms with E-state index >= 15 is 0 Å². The molecule has 4 heteroatoms. The molecular formula is C12H14O4. The molecule has 4 nitrogen and oxygen atoms in total. The molecule has 1 aromatic carbocycles. The summed E-state index contributed by atoms with van der Waals surface area (Å²) in [6.07, 6.45) is -0.680. The fraction of sp³-hybridized carbons (Fsp3) is 0.333. The highest BCUT2D eigenvalue weighted by molar-refractivity contribution is 5.96. The molecule has 0 fully saturated rings. The zero-order valence-electron chi connectivity index (χ0n) is 9.27. The molecule has 0 bridgehead atoms. The van der Waals surface area contributed by atoms with Crippen molar-refractivity contribution in [3.8, 4) is 0 Å². The molecule has 86 valence electrons. The molecule has 0 saturated heterocycles. The predicted octanol–water partition coefficient (Wildman–Crippen LogP) is 1.43. The van der Waals surface area contributed by atoms with Gasteiger partial charge in [-0.3, -0.25) is 4.79 Å². The van der Waals surface area contributed by atoms with Crippen molar-refractivity contribution < 1.29 is 19.4 Å². The second-order valence-corrected chi connectivity index (χ2v) is 3.58. The van der Waals surface area contributed by atoms with Crippen LogP contribution in [0.5, 0.6) is 0 Å². The summed E-state index contributed by atoms with van der Waals surface area (Å²) >= 11 is 0. The van der Waals surface area contributed by atoms with Crippen LogP contribution in [0.4, 0.5) is 0 Å². The fourth-order valence-electron chi connectivity index (χ4n) is 1.12. The number of hydrogen-bond donors (Lipinski definition) is 1. The van der Waals surface area contributed by atoms with Crippen LogP contribution in [0.3, 0.4) is 0 Å². The van der Waals surface area contributed by atoms with Gasteiger partial charge < -0.3 is 9.84 Å². The summed E-state index contributed by atoms with van der Waals surface area (Å²) in [4.78, 5) is 22.4. The summed E-state index contributed by atoms with van der Waals surface area (Å²) in [7, 11) is 0. The number of Topliss-reactive ketones (excluding diaryl/α,β-unsaturated/α-hetero) is 1. The Balaban J connectivity index is 2.67. The quantitative estimate of drug-likeness (QED) is 0.618. The van der Waals surface area contributed by atoms with Crippen LogP contribution >= 0.6 is 0 Å². The first kappa shape index (κ1) is 12.4. The largest absolute Gasteiger partial charge is 0.459 e. The van der Waals surface area contributed by atoms with Gasteiger partial charge >= 0.3 is 5.97 Å². The Bertz CT molecular complexity index is 379. The summed E-state index contributed by atoms with van der Waals surface area (Å²) in [6.45, 7) is 2.96. The van der Waals surface area contributed by atoms with Gasteiger partial charge in [-0.2, -0.15) is 0 Å². The minimum atomic E-state index is -0.680. The van der Waals surface area contributed by atoms with E-state index in [2.05, 4.69) is 0 Å². The van der Waals surface area contributed by atoms with Gasteiger partial charge in [-0.05, 0) is 26.0 Å². The number of ether oxygens (including phenoxy) is 1. The Hall–Kier alpha value is -1.68. The first-order chi connectivity index (χ1) is 7.50. The van der Waals surface area contributed by atoms with Crippen molar-refractivity contribution in [3.63, 3.8) is 0 Å². The average Bonchev–Trinajstić information content (AvgIpc) is 2.26. The Kier molecular flexibility index (Phi) is 4.19. The minimum Gasteiger partial charge on any atom is -0.459 e. The van der Waals surface area contributed by atoms with E-state index in [9.17, 15) is 9.59 Å². The van der Waals surface area contributed by atoms with Gasteiger partial charge in [-0.15, -0.1) is 0 Å². The van der Waals surface area contributed by atoms with E-state index < -0.39 is 12.1 Å². The number of carbonyl (C=O) groups excluding carboxylic acids is 2. The summed E-state index contributed by atoms with van der Waals surface area (Å²) < 4.78 is 4.82. The van der Waals surface area contributed by atoms with Crippen molar-refractivity contribution >= 4 is 11.8 Å². The van der Waals surface area contributed by atoms with E-state index in [0.717, 1.165) is 0 Å². The molecule has 1 N–H and O–H groups in total. The third-order valence-electron chi connectivity index (χ3n) is 1.98. The highest BCUT2D eigenvalue weighted by Gasteiger charge is 2.08. The second-order valence-electron chi connectivity index (χ2n) is 3.58. The van der Waals surface area contributed by atoms with Gasteiger partial charge in [-0.25, -0.2) is 4.79 Å². The van der Waals surface area contributed by atoms with Crippen LogP contribution in [-0.4, -0.2) is 29.6 Å². The molecule has 0 spiro atoms. The second kappa shape index (κ2) is 5.42. The van der Waals surface area contributed by atoms with E-state index in [4.69, 9.17) is 9.84 Å². The van der Waals surface area contributed by atoms with Crippen molar-refractivity contribution in [2.24, 2.45) is 0 Å². The maximum absolute atomic E-state index is 11.4. The van der Waals surface area contributed by atoms with E-state index in [1.54, 1.807) is 12.1 Å². The summed E-state index contributed by atoms with van der Waals surface area (Å²) in [5, 5.41) is 8.94. The summed E-state index contributed by atoms with van der Waals surface area (Å²) in [5.74, 6) is -0.556. The highest BCUT2D eigenvalue weighted by Crippen LogP contribution is 2.06. The van der Waals surface area contributed by atoms with Gasteiger partial charge in [0.05, 0.1) is 11.7 Å². The average molecular weight is 222 g/mol. The lowest BCUT2D eigenvalue weighted by molar-refractivity contribution is 0.0296. The molecule has 1 aromatic rings. The predicted molar refractivity (Wildman–Crippen MR) is 58.4 cm³/mol. The number of benzene rings is 1. The van der Waals surface area contributed by atoms with E-state index in [1.165, 1.54) is 26.0 Å².